The van der Waals surface area contributed by atoms with Crippen molar-refractivity contribution in [2.24, 2.45) is 0 Å². The molecule has 2 rings (SSSR count). The summed E-state index contributed by atoms with van der Waals surface area (Å²) < 4.78 is 31.7. The van der Waals surface area contributed by atoms with Crippen molar-refractivity contribution in [3.63, 3.8) is 0 Å². The Bertz CT molecular complexity index is 557. The van der Waals surface area contributed by atoms with Gasteiger partial charge in [-0.25, -0.2) is 13.1 Å². The summed E-state index contributed by atoms with van der Waals surface area (Å²) in [6.07, 6.45) is 2.73. The van der Waals surface area contributed by atoms with Gasteiger partial charge in [0.2, 0.25) is 10.0 Å². The van der Waals surface area contributed by atoms with Crippen LogP contribution in [0.25, 0.3) is 0 Å². The summed E-state index contributed by atoms with van der Waals surface area (Å²) in [5, 5.41) is 0. The molecule has 1 fully saturated rings. The average Bonchev–Trinajstić information content (AvgIpc) is 2.21. The lowest BCUT2D eigenvalue weighted by Crippen LogP contribution is -2.48. The van der Waals surface area contributed by atoms with Gasteiger partial charge >= 0.3 is 0 Å². The number of hydrogen-bond acceptors (Lipinski definition) is 3. The lowest BCUT2D eigenvalue weighted by molar-refractivity contribution is 0.0944. The van der Waals surface area contributed by atoms with Crippen molar-refractivity contribution in [2.75, 3.05) is 6.26 Å². The molecule has 0 saturated heterocycles. The molecule has 1 aromatic carbocycles. The van der Waals surface area contributed by atoms with Crippen LogP contribution < -0.4 is 9.46 Å². The van der Waals surface area contributed by atoms with Crippen LogP contribution in [-0.4, -0.2) is 26.8 Å². The predicted molar refractivity (Wildman–Crippen MR) is 79.0 cm³/mol. The lowest BCUT2D eigenvalue weighted by atomic mass is 9.90. The number of halogens is 1. The Balaban J connectivity index is 1.91. The number of benzene rings is 1. The van der Waals surface area contributed by atoms with Crippen LogP contribution in [0.4, 0.5) is 0 Å². The summed E-state index contributed by atoms with van der Waals surface area (Å²) >= 11 is 3.52. The first-order valence-corrected chi connectivity index (χ1v) is 8.84. The monoisotopic (exact) mass is 347 g/mol. The average molecular weight is 348 g/mol. The number of aryl methyl sites for hydroxylation is 2. The molecule has 106 valence electrons. The Labute approximate surface area is 122 Å². The van der Waals surface area contributed by atoms with Crippen LogP contribution in [0.1, 0.15) is 24.0 Å². The number of nitrogens with one attached hydrogen (secondary N) is 1. The molecule has 0 unspecified atom stereocenters. The minimum absolute atomic E-state index is 0.0117. The molecule has 0 aliphatic heterocycles. The van der Waals surface area contributed by atoms with Crippen LogP contribution in [0.2, 0.25) is 0 Å². The molecule has 1 aliphatic carbocycles. The van der Waals surface area contributed by atoms with Crippen molar-refractivity contribution in [3.05, 3.63) is 27.7 Å². The first kappa shape index (κ1) is 14.8. The second kappa shape index (κ2) is 5.42. The van der Waals surface area contributed by atoms with Gasteiger partial charge in [-0.2, -0.15) is 0 Å². The standard InChI is InChI=1S/C13H18BrNO3S/c1-8-4-11(5-9(2)13(8)14)18-12-6-10(7-12)15-19(3,16)17/h4-5,10,12,15H,6-7H2,1-3H3. The largest absolute Gasteiger partial charge is 0.490 e. The number of hydrogen-bond donors (Lipinski definition) is 1. The molecule has 6 heteroatoms. The molecule has 4 nitrogen and oxygen atoms in total. The molecule has 19 heavy (non-hydrogen) atoms. The van der Waals surface area contributed by atoms with Crippen molar-refractivity contribution in [1.29, 1.82) is 0 Å². The molecule has 1 aromatic rings. The second-order valence-electron chi connectivity index (χ2n) is 5.17. The first-order valence-electron chi connectivity index (χ1n) is 6.15. The van der Waals surface area contributed by atoms with E-state index in [0.717, 1.165) is 34.2 Å². The van der Waals surface area contributed by atoms with Gasteiger partial charge in [-0.05, 0) is 37.1 Å². The molecule has 1 N–H and O–H groups in total. The summed E-state index contributed by atoms with van der Waals surface area (Å²) in [5.74, 6) is 0.848. The van der Waals surface area contributed by atoms with E-state index < -0.39 is 10.0 Å². The summed E-state index contributed by atoms with van der Waals surface area (Å²) in [6, 6.07) is 4.00. The topological polar surface area (TPSA) is 55.4 Å². The normalized spacial score (nSPS) is 22.9. The molecule has 0 heterocycles. The van der Waals surface area contributed by atoms with Gasteiger partial charge in [-0.15, -0.1) is 0 Å². The molecule has 0 spiro atoms. The molecule has 0 atom stereocenters. The van der Waals surface area contributed by atoms with E-state index in [2.05, 4.69) is 20.7 Å². The van der Waals surface area contributed by atoms with E-state index in [0.29, 0.717) is 0 Å². The third-order valence-corrected chi connectivity index (χ3v) is 5.20. The van der Waals surface area contributed by atoms with Gasteiger partial charge in [0.1, 0.15) is 11.9 Å². The third-order valence-electron chi connectivity index (χ3n) is 3.19. The summed E-state index contributed by atoms with van der Waals surface area (Å²) in [7, 11) is -3.11. The molecule has 1 aliphatic rings. The molecule has 0 radical (unpaired) electrons. The van der Waals surface area contributed by atoms with Gasteiger partial charge in [0.15, 0.2) is 0 Å². The number of sulfonamides is 1. The van der Waals surface area contributed by atoms with E-state index >= 15 is 0 Å². The Morgan fingerprint density at radius 3 is 2.26 bits per heavy atom. The zero-order valence-corrected chi connectivity index (χ0v) is 13.6. The van der Waals surface area contributed by atoms with Gasteiger partial charge in [-0.3, -0.25) is 0 Å². The van der Waals surface area contributed by atoms with Crippen LogP contribution in [0.15, 0.2) is 16.6 Å². The molecular formula is C13H18BrNO3S. The van der Waals surface area contributed by atoms with Crippen LogP contribution in [0, 0.1) is 13.8 Å². The van der Waals surface area contributed by atoms with E-state index in [1.54, 1.807) is 0 Å². The fourth-order valence-corrected chi connectivity index (χ4v) is 3.25. The maximum Gasteiger partial charge on any atom is 0.208 e. The summed E-state index contributed by atoms with van der Waals surface area (Å²) in [6.45, 7) is 4.05. The number of ether oxygens (including phenoxy) is 1. The Kier molecular flexibility index (Phi) is 4.23. The van der Waals surface area contributed by atoms with Gasteiger partial charge in [0.25, 0.3) is 0 Å². The van der Waals surface area contributed by atoms with Crippen molar-refractivity contribution in [2.45, 2.75) is 38.8 Å². The smallest absolute Gasteiger partial charge is 0.208 e. The van der Waals surface area contributed by atoms with Crippen molar-refractivity contribution < 1.29 is 13.2 Å². The molecular weight excluding hydrogens is 330 g/mol. The molecule has 0 aromatic heterocycles. The van der Waals surface area contributed by atoms with Crippen LogP contribution in [-0.2, 0) is 10.0 Å². The quantitative estimate of drug-likeness (QED) is 0.910. The fraction of sp³-hybridized carbons (Fsp3) is 0.538. The van der Waals surface area contributed by atoms with Crippen LogP contribution >= 0.6 is 15.9 Å². The highest BCUT2D eigenvalue weighted by atomic mass is 79.9. The Hall–Kier alpha value is -0.590. The minimum Gasteiger partial charge on any atom is -0.490 e. The molecule has 1 saturated carbocycles. The zero-order chi connectivity index (χ0) is 14.2. The molecule has 0 bridgehead atoms. The Morgan fingerprint density at radius 2 is 1.79 bits per heavy atom. The minimum atomic E-state index is -3.11. The molecule has 0 amide bonds. The van der Waals surface area contributed by atoms with Gasteiger partial charge in [0, 0.05) is 23.4 Å². The first-order chi connectivity index (χ1) is 8.74. The number of rotatable bonds is 4. The Morgan fingerprint density at radius 1 is 1.26 bits per heavy atom. The SMILES string of the molecule is Cc1cc(OC2CC(NS(C)(=O)=O)C2)cc(C)c1Br. The van der Waals surface area contributed by atoms with E-state index in [1.165, 1.54) is 6.26 Å². The predicted octanol–water partition coefficient (Wildman–Crippen LogP) is 2.52. The van der Waals surface area contributed by atoms with E-state index in [1.807, 2.05) is 26.0 Å². The lowest BCUT2D eigenvalue weighted by Gasteiger charge is -2.35. The zero-order valence-electron chi connectivity index (χ0n) is 11.2. The third kappa shape index (κ3) is 3.94. The van der Waals surface area contributed by atoms with Gasteiger partial charge in [-0.1, -0.05) is 15.9 Å². The van der Waals surface area contributed by atoms with Crippen molar-refractivity contribution in [1.82, 2.24) is 4.72 Å². The maximum absolute atomic E-state index is 11.1. The highest BCUT2D eigenvalue weighted by Gasteiger charge is 2.32. The van der Waals surface area contributed by atoms with Crippen LogP contribution in [0.3, 0.4) is 0 Å². The van der Waals surface area contributed by atoms with Gasteiger partial charge in [0.05, 0.1) is 6.26 Å². The van der Waals surface area contributed by atoms with Crippen molar-refractivity contribution >= 4 is 26.0 Å². The summed E-state index contributed by atoms with van der Waals surface area (Å²) in [4.78, 5) is 0. The summed E-state index contributed by atoms with van der Waals surface area (Å²) in [5.41, 5.74) is 2.28. The van der Waals surface area contributed by atoms with Crippen LogP contribution in [0.5, 0.6) is 5.75 Å². The highest BCUT2D eigenvalue weighted by molar-refractivity contribution is 9.10. The fourth-order valence-electron chi connectivity index (χ4n) is 2.23. The van der Waals surface area contributed by atoms with E-state index in [9.17, 15) is 8.42 Å². The highest BCUT2D eigenvalue weighted by Crippen LogP contribution is 2.30. The van der Waals surface area contributed by atoms with E-state index in [-0.39, 0.29) is 12.1 Å². The van der Waals surface area contributed by atoms with Gasteiger partial charge < -0.3 is 4.74 Å². The second-order valence-corrected chi connectivity index (χ2v) is 7.74. The maximum atomic E-state index is 11.1. The van der Waals surface area contributed by atoms with E-state index in [4.69, 9.17) is 4.74 Å². The van der Waals surface area contributed by atoms with Crippen molar-refractivity contribution in [3.8, 4) is 5.75 Å².